The van der Waals surface area contributed by atoms with Gasteiger partial charge in [0.15, 0.2) is 4.34 Å². The van der Waals surface area contributed by atoms with E-state index in [2.05, 4.69) is 20.5 Å². The number of thioether (sulfide) groups is 1. The predicted octanol–water partition coefficient (Wildman–Crippen LogP) is 2.80. The molecule has 2 aromatic heterocycles. The first-order valence-electron chi connectivity index (χ1n) is 5.53. The first-order chi connectivity index (χ1) is 8.40. The molecule has 4 nitrogen and oxygen atoms in total. The second-order valence-corrected chi connectivity index (χ2v) is 6.10. The van der Waals surface area contributed by atoms with E-state index in [9.17, 15) is 0 Å². The van der Waals surface area contributed by atoms with Crippen molar-refractivity contribution in [2.75, 3.05) is 5.32 Å². The van der Waals surface area contributed by atoms with Crippen molar-refractivity contribution in [2.24, 2.45) is 0 Å². The van der Waals surface area contributed by atoms with Crippen LogP contribution in [0.25, 0.3) is 0 Å². The van der Waals surface area contributed by atoms with Crippen molar-refractivity contribution < 1.29 is 0 Å². The van der Waals surface area contributed by atoms with E-state index in [-0.39, 0.29) is 0 Å². The fraction of sp³-hybridized carbons (Fsp3) is 0.364. The van der Waals surface area contributed by atoms with Crippen LogP contribution in [0.5, 0.6) is 0 Å². The number of nitrogens with one attached hydrogen (secondary N) is 1. The van der Waals surface area contributed by atoms with Gasteiger partial charge in [-0.05, 0) is 25.0 Å². The van der Waals surface area contributed by atoms with Gasteiger partial charge in [-0.3, -0.25) is 4.98 Å². The van der Waals surface area contributed by atoms with E-state index in [4.69, 9.17) is 0 Å². The van der Waals surface area contributed by atoms with Crippen molar-refractivity contribution in [3.8, 4) is 0 Å². The molecule has 1 aliphatic carbocycles. The molecular formula is C11H12N4S2. The van der Waals surface area contributed by atoms with E-state index in [0.29, 0.717) is 6.04 Å². The van der Waals surface area contributed by atoms with Gasteiger partial charge in [-0.2, -0.15) is 0 Å². The molecule has 2 heterocycles. The fourth-order valence-electron chi connectivity index (χ4n) is 1.35. The molecule has 2 aromatic rings. The molecule has 1 fully saturated rings. The molecule has 0 radical (unpaired) electrons. The third-order valence-corrected chi connectivity index (χ3v) is 4.40. The Morgan fingerprint density at radius 3 is 3.06 bits per heavy atom. The van der Waals surface area contributed by atoms with E-state index in [1.54, 1.807) is 23.1 Å². The molecule has 3 rings (SSSR count). The zero-order valence-corrected chi connectivity index (χ0v) is 10.8. The van der Waals surface area contributed by atoms with Crippen molar-refractivity contribution in [3.05, 3.63) is 30.1 Å². The van der Waals surface area contributed by atoms with Crippen LogP contribution in [0.1, 0.15) is 18.5 Å². The molecule has 0 aliphatic heterocycles. The quantitative estimate of drug-likeness (QED) is 0.842. The van der Waals surface area contributed by atoms with E-state index in [1.807, 2.05) is 24.4 Å². The van der Waals surface area contributed by atoms with Crippen LogP contribution >= 0.6 is 23.1 Å². The van der Waals surface area contributed by atoms with Gasteiger partial charge in [-0.1, -0.05) is 29.2 Å². The minimum Gasteiger partial charge on any atom is -0.357 e. The molecule has 0 saturated heterocycles. The van der Waals surface area contributed by atoms with E-state index in [1.165, 1.54) is 12.8 Å². The van der Waals surface area contributed by atoms with Gasteiger partial charge in [0.2, 0.25) is 5.13 Å². The lowest BCUT2D eigenvalue weighted by molar-refractivity contribution is 0.993. The molecule has 0 atom stereocenters. The molecule has 1 saturated carbocycles. The summed E-state index contributed by atoms with van der Waals surface area (Å²) in [4.78, 5) is 4.28. The number of rotatable bonds is 5. The van der Waals surface area contributed by atoms with Crippen LogP contribution in [0.15, 0.2) is 28.7 Å². The maximum atomic E-state index is 4.28. The zero-order chi connectivity index (χ0) is 11.5. The third kappa shape index (κ3) is 3.17. The Bertz CT molecular complexity index is 481. The van der Waals surface area contributed by atoms with Gasteiger partial charge in [0.1, 0.15) is 0 Å². The van der Waals surface area contributed by atoms with Crippen LogP contribution in [0.2, 0.25) is 0 Å². The highest BCUT2D eigenvalue weighted by Crippen LogP contribution is 2.31. The van der Waals surface area contributed by atoms with Gasteiger partial charge < -0.3 is 5.32 Å². The standard InChI is InChI=1S/C11H12N4S2/c1-2-6-12-9(3-1)7-16-11-15-14-10(17-11)13-8-4-5-8/h1-3,6,8H,4-5,7H2,(H,13,14). The SMILES string of the molecule is c1ccc(CSc2nnc(NC3CC3)s2)nc1. The third-order valence-electron chi connectivity index (χ3n) is 2.38. The fourth-order valence-corrected chi connectivity index (χ4v) is 3.09. The molecule has 1 aliphatic rings. The van der Waals surface area contributed by atoms with Crippen LogP contribution in [0.3, 0.4) is 0 Å². The van der Waals surface area contributed by atoms with Crippen molar-refractivity contribution >= 4 is 28.2 Å². The molecule has 88 valence electrons. The van der Waals surface area contributed by atoms with Crippen LogP contribution in [-0.2, 0) is 5.75 Å². The first kappa shape index (κ1) is 11.0. The van der Waals surface area contributed by atoms with E-state index in [0.717, 1.165) is 20.9 Å². The minimum atomic E-state index is 0.636. The summed E-state index contributed by atoms with van der Waals surface area (Å²) in [6.45, 7) is 0. The van der Waals surface area contributed by atoms with Gasteiger partial charge in [0.05, 0.1) is 5.69 Å². The molecule has 0 unspecified atom stereocenters. The minimum absolute atomic E-state index is 0.636. The Hall–Kier alpha value is -1.14. The van der Waals surface area contributed by atoms with Crippen LogP contribution < -0.4 is 5.32 Å². The molecule has 0 spiro atoms. The van der Waals surface area contributed by atoms with Gasteiger partial charge in [-0.15, -0.1) is 10.2 Å². The number of hydrogen-bond donors (Lipinski definition) is 1. The topological polar surface area (TPSA) is 50.7 Å². The Balaban J connectivity index is 1.55. The molecular weight excluding hydrogens is 252 g/mol. The van der Waals surface area contributed by atoms with Gasteiger partial charge >= 0.3 is 0 Å². The van der Waals surface area contributed by atoms with Crippen LogP contribution in [-0.4, -0.2) is 21.2 Å². The largest absolute Gasteiger partial charge is 0.357 e. The summed E-state index contributed by atoms with van der Waals surface area (Å²) < 4.78 is 0.999. The van der Waals surface area contributed by atoms with Crippen molar-refractivity contribution in [3.63, 3.8) is 0 Å². The predicted molar refractivity (Wildman–Crippen MR) is 70.4 cm³/mol. The highest BCUT2D eigenvalue weighted by molar-refractivity contribution is 8.00. The molecule has 1 N–H and O–H groups in total. The van der Waals surface area contributed by atoms with Gasteiger partial charge in [0.25, 0.3) is 0 Å². The van der Waals surface area contributed by atoms with Gasteiger partial charge in [0, 0.05) is 18.0 Å². The number of hydrogen-bond acceptors (Lipinski definition) is 6. The summed E-state index contributed by atoms with van der Waals surface area (Å²) in [6, 6.07) is 6.59. The summed E-state index contributed by atoms with van der Waals surface area (Å²) in [7, 11) is 0. The molecule has 0 aromatic carbocycles. The lowest BCUT2D eigenvalue weighted by Crippen LogP contribution is -1.99. The van der Waals surface area contributed by atoms with Crippen molar-refractivity contribution in [1.29, 1.82) is 0 Å². The lowest BCUT2D eigenvalue weighted by atomic mass is 10.4. The highest BCUT2D eigenvalue weighted by atomic mass is 32.2. The van der Waals surface area contributed by atoms with E-state index < -0.39 is 0 Å². The van der Waals surface area contributed by atoms with Crippen molar-refractivity contribution in [1.82, 2.24) is 15.2 Å². The summed E-state index contributed by atoms with van der Waals surface area (Å²) in [6.07, 6.45) is 4.34. The monoisotopic (exact) mass is 264 g/mol. The van der Waals surface area contributed by atoms with Crippen LogP contribution in [0.4, 0.5) is 5.13 Å². The number of pyridine rings is 1. The molecule has 0 bridgehead atoms. The second kappa shape index (κ2) is 5.01. The van der Waals surface area contributed by atoms with Gasteiger partial charge in [-0.25, -0.2) is 0 Å². The average molecular weight is 264 g/mol. The number of aromatic nitrogens is 3. The Morgan fingerprint density at radius 1 is 1.35 bits per heavy atom. The summed E-state index contributed by atoms with van der Waals surface area (Å²) in [5, 5.41) is 12.6. The number of anilines is 1. The molecule has 17 heavy (non-hydrogen) atoms. The number of nitrogens with zero attached hydrogens (tertiary/aromatic N) is 3. The molecule has 0 amide bonds. The summed E-state index contributed by atoms with van der Waals surface area (Å²) in [5.74, 6) is 0.846. The maximum absolute atomic E-state index is 4.28. The van der Waals surface area contributed by atoms with E-state index >= 15 is 0 Å². The maximum Gasteiger partial charge on any atom is 0.206 e. The normalized spacial score (nSPS) is 14.8. The smallest absolute Gasteiger partial charge is 0.206 e. The Kier molecular flexibility index (Phi) is 3.24. The first-order valence-corrected chi connectivity index (χ1v) is 7.33. The average Bonchev–Trinajstić information content (AvgIpc) is 3.06. The Morgan fingerprint density at radius 2 is 2.29 bits per heavy atom. The lowest BCUT2D eigenvalue weighted by Gasteiger charge is -1.96. The Labute approximate surface area is 108 Å². The summed E-state index contributed by atoms with van der Waals surface area (Å²) >= 11 is 3.31. The highest BCUT2D eigenvalue weighted by Gasteiger charge is 2.22. The van der Waals surface area contributed by atoms with Crippen molar-refractivity contribution in [2.45, 2.75) is 29.0 Å². The molecule has 6 heteroatoms. The second-order valence-electron chi connectivity index (χ2n) is 3.90. The van der Waals surface area contributed by atoms with Crippen LogP contribution in [0, 0.1) is 0 Å². The summed E-state index contributed by atoms with van der Waals surface area (Å²) in [5.41, 5.74) is 1.07. The zero-order valence-electron chi connectivity index (χ0n) is 9.17.